The first-order valence-electron chi connectivity index (χ1n) is 9.49. The van der Waals surface area contributed by atoms with Gasteiger partial charge in [0.15, 0.2) is 0 Å². The van der Waals surface area contributed by atoms with Crippen molar-refractivity contribution in [3.8, 4) is 0 Å². The number of carboxylic acids is 1. The van der Waals surface area contributed by atoms with Crippen LogP contribution >= 0.6 is 0 Å². The van der Waals surface area contributed by atoms with Crippen molar-refractivity contribution in [1.29, 1.82) is 0 Å². The van der Waals surface area contributed by atoms with E-state index in [1.165, 1.54) is 6.42 Å². The van der Waals surface area contributed by atoms with Gasteiger partial charge in [-0.3, -0.25) is 14.4 Å². The summed E-state index contributed by atoms with van der Waals surface area (Å²) in [6.07, 6.45) is 3.12. The molecule has 0 aromatic heterocycles. The van der Waals surface area contributed by atoms with Crippen molar-refractivity contribution in [1.82, 2.24) is 5.06 Å². The van der Waals surface area contributed by atoms with E-state index in [4.69, 9.17) is 14.7 Å². The lowest BCUT2D eigenvalue weighted by atomic mass is 9.82. The van der Waals surface area contributed by atoms with Gasteiger partial charge >= 0.3 is 11.9 Å². The zero-order valence-corrected chi connectivity index (χ0v) is 16.8. The highest BCUT2D eigenvalue weighted by Crippen LogP contribution is 2.38. The maximum atomic E-state index is 11.5. The van der Waals surface area contributed by atoms with Crippen LogP contribution < -0.4 is 0 Å². The summed E-state index contributed by atoms with van der Waals surface area (Å²) in [6.45, 7) is 9.51. The summed E-state index contributed by atoms with van der Waals surface area (Å²) in [5.41, 5.74) is 1.92. The van der Waals surface area contributed by atoms with Gasteiger partial charge in [-0.25, -0.2) is 0 Å². The molecule has 6 nitrogen and oxygen atoms in total. The molecule has 150 valence electrons. The fourth-order valence-electron chi connectivity index (χ4n) is 3.64. The zero-order valence-electron chi connectivity index (χ0n) is 16.8. The second kappa shape index (κ2) is 8.85. The van der Waals surface area contributed by atoms with Gasteiger partial charge in [0.2, 0.25) is 0 Å². The molecule has 0 radical (unpaired) electrons. The van der Waals surface area contributed by atoms with Crippen molar-refractivity contribution in [2.45, 2.75) is 84.1 Å². The molecule has 0 amide bonds. The van der Waals surface area contributed by atoms with Crippen LogP contribution in [0.2, 0.25) is 0 Å². The second-order valence-corrected chi connectivity index (χ2v) is 8.42. The average Bonchev–Trinajstić information content (AvgIpc) is 2.57. The number of carbonyl (C=O) groups excluding carboxylic acids is 1. The largest absolute Gasteiger partial charge is 0.481 e. The third-order valence-electron chi connectivity index (χ3n) is 5.00. The average molecular weight is 377 g/mol. The third-order valence-corrected chi connectivity index (χ3v) is 5.00. The third kappa shape index (κ3) is 6.33. The van der Waals surface area contributed by atoms with Crippen LogP contribution in [0.25, 0.3) is 0 Å². The Morgan fingerprint density at radius 3 is 2.00 bits per heavy atom. The first-order chi connectivity index (χ1) is 12.6. The molecule has 1 saturated heterocycles. The Morgan fingerprint density at radius 1 is 0.963 bits per heavy atom. The van der Waals surface area contributed by atoms with E-state index in [1.54, 1.807) is 0 Å². The summed E-state index contributed by atoms with van der Waals surface area (Å²) < 4.78 is 5.09. The highest BCUT2D eigenvalue weighted by atomic mass is 16.7. The minimum Gasteiger partial charge on any atom is -0.481 e. The Morgan fingerprint density at radius 2 is 1.48 bits per heavy atom. The van der Waals surface area contributed by atoms with Crippen molar-refractivity contribution >= 4 is 11.9 Å². The predicted molar refractivity (Wildman–Crippen MR) is 102 cm³/mol. The monoisotopic (exact) mass is 377 g/mol. The van der Waals surface area contributed by atoms with Crippen LogP contribution in [0.3, 0.4) is 0 Å². The highest BCUT2D eigenvalue weighted by molar-refractivity contribution is 5.76. The van der Waals surface area contributed by atoms with Gasteiger partial charge in [-0.1, -0.05) is 24.3 Å². The van der Waals surface area contributed by atoms with Gasteiger partial charge in [-0.2, -0.15) is 5.06 Å². The Kier molecular flexibility index (Phi) is 7.00. The zero-order chi connectivity index (χ0) is 20.1. The van der Waals surface area contributed by atoms with Gasteiger partial charge in [0, 0.05) is 11.1 Å². The standard InChI is InChI=1S/C21H31NO5/c1-20(2)12-5-13-21(3,4)22(20)27-15-17-8-6-16(7-9-17)14-26-19(25)11-10-18(23)24/h6-9H,5,10-15H2,1-4H3,(H,23,24). The summed E-state index contributed by atoms with van der Waals surface area (Å²) in [5.74, 6) is -1.50. The van der Waals surface area contributed by atoms with E-state index in [2.05, 4.69) is 32.8 Å². The molecule has 0 aliphatic carbocycles. The molecule has 1 aliphatic heterocycles. The molecule has 1 aliphatic rings. The maximum absolute atomic E-state index is 11.5. The molecule has 1 aromatic carbocycles. The Labute approximate surface area is 161 Å². The summed E-state index contributed by atoms with van der Waals surface area (Å²) in [5, 5.41) is 10.7. The molecule has 27 heavy (non-hydrogen) atoms. The number of hydrogen-bond donors (Lipinski definition) is 1. The smallest absolute Gasteiger partial charge is 0.306 e. The molecule has 1 N–H and O–H groups in total. The van der Waals surface area contributed by atoms with Gasteiger partial charge in [0.25, 0.3) is 0 Å². The first kappa shape index (κ1) is 21.4. The summed E-state index contributed by atoms with van der Waals surface area (Å²) in [6, 6.07) is 7.72. The molecule has 2 rings (SSSR count). The van der Waals surface area contributed by atoms with E-state index in [0.29, 0.717) is 6.61 Å². The summed E-state index contributed by atoms with van der Waals surface area (Å²) >= 11 is 0. The van der Waals surface area contributed by atoms with E-state index in [-0.39, 0.29) is 30.5 Å². The van der Waals surface area contributed by atoms with Crippen molar-refractivity contribution in [3.63, 3.8) is 0 Å². The molecule has 1 fully saturated rings. The van der Waals surface area contributed by atoms with Gasteiger partial charge in [0.1, 0.15) is 6.61 Å². The number of piperidine rings is 1. The molecular formula is C21H31NO5. The number of nitrogens with zero attached hydrogens (tertiary/aromatic N) is 1. The lowest BCUT2D eigenvalue weighted by molar-refractivity contribution is -0.288. The molecular weight excluding hydrogens is 346 g/mol. The normalized spacial score (nSPS) is 18.8. The van der Waals surface area contributed by atoms with Crippen molar-refractivity contribution in [3.05, 3.63) is 35.4 Å². The van der Waals surface area contributed by atoms with Gasteiger partial charge < -0.3 is 9.84 Å². The first-order valence-corrected chi connectivity index (χ1v) is 9.49. The number of esters is 1. The molecule has 0 unspecified atom stereocenters. The van der Waals surface area contributed by atoms with Crippen LogP contribution in [0.15, 0.2) is 24.3 Å². The van der Waals surface area contributed by atoms with Gasteiger partial charge in [-0.15, -0.1) is 0 Å². The Balaban J connectivity index is 1.85. The molecule has 0 atom stereocenters. The van der Waals surface area contributed by atoms with Crippen LogP contribution in [0.4, 0.5) is 0 Å². The summed E-state index contributed by atoms with van der Waals surface area (Å²) in [7, 11) is 0. The number of rotatable bonds is 8. The van der Waals surface area contributed by atoms with Crippen LogP contribution in [-0.2, 0) is 32.4 Å². The Bertz CT molecular complexity index is 635. The van der Waals surface area contributed by atoms with E-state index in [0.717, 1.165) is 24.0 Å². The number of carbonyl (C=O) groups is 2. The molecule has 6 heteroatoms. The number of ether oxygens (including phenoxy) is 1. The maximum Gasteiger partial charge on any atom is 0.306 e. The molecule has 0 saturated carbocycles. The highest BCUT2D eigenvalue weighted by Gasteiger charge is 2.42. The quantitative estimate of drug-likeness (QED) is 0.688. The van der Waals surface area contributed by atoms with Crippen LogP contribution in [0, 0.1) is 0 Å². The molecule has 0 bridgehead atoms. The van der Waals surface area contributed by atoms with E-state index in [9.17, 15) is 9.59 Å². The number of hydroxylamine groups is 2. The number of aliphatic carboxylic acids is 1. The SMILES string of the molecule is CC1(C)CCCC(C)(C)N1OCc1ccc(COC(=O)CCC(=O)O)cc1. The van der Waals surface area contributed by atoms with Crippen molar-refractivity contribution in [2.75, 3.05) is 0 Å². The van der Waals surface area contributed by atoms with Crippen LogP contribution in [-0.4, -0.2) is 33.2 Å². The molecule has 1 heterocycles. The minimum atomic E-state index is -1.00. The summed E-state index contributed by atoms with van der Waals surface area (Å²) in [4.78, 5) is 28.1. The predicted octanol–water partition coefficient (Wildman–Crippen LogP) is 4.07. The van der Waals surface area contributed by atoms with E-state index in [1.807, 2.05) is 24.3 Å². The van der Waals surface area contributed by atoms with Crippen LogP contribution in [0.5, 0.6) is 0 Å². The minimum absolute atomic E-state index is 0.00580. The molecule has 1 aromatic rings. The topological polar surface area (TPSA) is 76.1 Å². The van der Waals surface area contributed by atoms with Crippen molar-refractivity contribution < 1.29 is 24.3 Å². The van der Waals surface area contributed by atoms with Gasteiger partial charge in [0.05, 0.1) is 19.4 Å². The van der Waals surface area contributed by atoms with Crippen LogP contribution in [0.1, 0.15) is 70.9 Å². The van der Waals surface area contributed by atoms with Crippen molar-refractivity contribution in [2.24, 2.45) is 0 Å². The number of benzene rings is 1. The lowest BCUT2D eigenvalue weighted by Crippen LogP contribution is -2.58. The second-order valence-electron chi connectivity index (χ2n) is 8.42. The van der Waals surface area contributed by atoms with E-state index < -0.39 is 11.9 Å². The number of carboxylic acid groups (broad SMARTS) is 1. The fourth-order valence-corrected chi connectivity index (χ4v) is 3.64. The van der Waals surface area contributed by atoms with Gasteiger partial charge in [-0.05, 0) is 58.1 Å². The Hall–Kier alpha value is -1.92. The number of hydrogen-bond acceptors (Lipinski definition) is 5. The molecule has 0 spiro atoms. The van der Waals surface area contributed by atoms with E-state index >= 15 is 0 Å². The fraction of sp³-hybridized carbons (Fsp3) is 0.619. The lowest BCUT2D eigenvalue weighted by Gasteiger charge is -2.51.